The minimum absolute atomic E-state index is 0.00952. The first-order chi connectivity index (χ1) is 16.0. The maximum Gasteiger partial charge on any atom is 0.234 e. The van der Waals surface area contributed by atoms with E-state index >= 15 is 0 Å². The van der Waals surface area contributed by atoms with Crippen molar-refractivity contribution in [2.75, 3.05) is 25.6 Å². The number of hydrogen-bond donors (Lipinski definition) is 2. The molecule has 0 aliphatic carbocycles. The maximum absolute atomic E-state index is 14.4. The number of anilines is 1. The Labute approximate surface area is 193 Å². The van der Waals surface area contributed by atoms with Crippen LogP contribution in [-0.2, 0) is 22.6 Å². The van der Waals surface area contributed by atoms with Gasteiger partial charge >= 0.3 is 0 Å². The first-order valence-electron chi connectivity index (χ1n) is 11.0. The van der Waals surface area contributed by atoms with E-state index in [4.69, 9.17) is 4.74 Å². The Morgan fingerprint density at radius 3 is 2.64 bits per heavy atom. The van der Waals surface area contributed by atoms with E-state index in [0.29, 0.717) is 22.9 Å². The third kappa shape index (κ3) is 5.87. The highest BCUT2D eigenvalue weighted by Crippen LogP contribution is 2.32. The van der Waals surface area contributed by atoms with Gasteiger partial charge in [-0.05, 0) is 62.0 Å². The third-order valence-corrected chi connectivity index (χ3v) is 5.64. The van der Waals surface area contributed by atoms with E-state index in [1.165, 1.54) is 6.07 Å². The van der Waals surface area contributed by atoms with Gasteiger partial charge in [-0.3, -0.25) is 9.59 Å². The summed E-state index contributed by atoms with van der Waals surface area (Å²) in [7, 11) is 3.29. The van der Waals surface area contributed by atoms with Gasteiger partial charge in [0.05, 0.1) is 20.2 Å². The fourth-order valence-corrected chi connectivity index (χ4v) is 4.00. The molecule has 6 nitrogen and oxygen atoms in total. The molecule has 0 radical (unpaired) electrons. The molecule has 1 unspecified atom stereocenters. The van der Waals surface area contributed by atoms with Gasteiger partial charge in [-0.2, -0.15) is 0 Å². The highest BCUT2D eigenvalue weighted by atomic mass is 19.1. The molecule has 2 N–H and O–H groups in total. The van der Waals surface area contributed by atoms with E-state index in [9.17, 15) is 14.0 Å². The number of likely N-dealkylation sites (N-methyl/N-ethyl adjacent to an activating group) is 1. The number of carbonyl (C=O) groups excluding carboxylic acids is 2. The summed E-state index contributed by atoms with van der Waals surface area (Å²) in [5.41, 5.74) is 2.51. The van der Waals surface area contributed by atoms with Gasteiger partial charge in [0.15, 0.2) is 0 Å². The Morgan fingerprint density at radius 1 is 1.12 bits per heavy atom. The summed E-state index contributed by atoms with van der Waals surface area (Å²) < 4.78 is 19.9. The minimum atomic E-state index is -0.316. The number of aryl methyl sites for hydroxylation is 1. The molecule has 1 atom stereocenters. The molecule has 0 saturated heterocycles. The molecule has 0 heterocycles. The molecule has 3 aromatic carbocycles. The zero-order valence-electron chi connectivity index (χ0n) is 19.2. The SMILES string of the molecule is CNCC(=O)NC(C)CCc1ccccc1N(C=O)Cc1c(OC)ccc2c(F)cccc12. The molecule has 0 fully saturated rings. The quantitative estimate of drug-likeness (QED) is 0.435. The fourth-order valence-electron chi connectivity index (χ4n) is 4.00. The minimum Gasteiger partial charge on any atom is -0.496 e. The highest BCUT2D eigenvalue weighted by Gasteiger charge is 2.17. The van der Waals surface area contributed by atoms with Crippen LogP contribution in [0.2, 0.25) is 0 Å². The number of methoxy groups -OCH3 is 1. The van der Waals surface area contributed by atoms with Crippen LogP contribution in [0, 0.1) is 5.82 Å². The lowest BCUT2D eigenvalue weighted by Gasteiger charge is -2.24. The molecule has 0 aliphatic heterocycles. The van der Waals surface area contributed by atoms with E-state index in [0.717, 1.165) is 29.6 Å². The number of amides is 2. The molecule has 0 saturated carbocycles. The third-order valence-electron chi connectivity index (χ3n) is 5.64. The largest absolute Gasteiger partial charge is 0.496 e. The Hall–Kier alpha value is -3.45. The van der Waals surface area contributed by atoms with Gasteiger partial charge in [0.2, 0.25) is 12.3 Å². The van der Waals surface area contributed by atoms with Crippen molar-refractivity contribution in [3.05, 3.63) is 71.5 Å². The number of benzene rings is 3. The van der Waals surface area contributed by atoms with Crippen LogP contribution in [0.1, 0.15) is 24.5 Å². The number of carbonyl (C=O) groups is 2. The molecule has 174 valence electrons. The summed E-state index contributed by atoms with van der Waals surface area (Å²) in [5, 5.41) is 6.99. The number of ether oxygens (including phenoxy) is 1. The van der Waals surface area contributed by atoms with E-state index in [1.807, 2.05) is 37.3 Å². The van der Waals surface area contributed by atoms with Crippen LogP contribution in [-0.4, -0.2) is 39.1 Å². The first kappa shape index (κ1) is 24.2. The van der Waals surface area contributed by atoms with Crippen molar-refractivity contribution in [3.63, 3.8) is 0 Å². The number of hydrogen-bond acceptors (Lipinski definition) is 4. The van der Waals surface area contributed by atoms with Crippen LogP contribution >= 0.6 is 0 Å². The number of nitrogens with one attached hydrogen (secondary N) is 2. The summed E-state index contributed by atoms with van der Waals surface area (Å²) >= 11 is 0. The Morgan fingerprint density at radius 2 is 1.91 bits per heavy atom. The Balaban J connectivity index is 1.86. The normalized spacial score (nSPS) is 11.8. The second kappa shape index (κ2) is 11.4. The van der Waals surface area contributed by atoms with Crippen LogP contribution in [0.15, 0.2) is 54.6 Å². The van der Waals surface area contributed by atoms with Crippen LogP contribution in [0.3, 0.4) is 0 Å². The molecule has 33 heavy (non-hydrogen) atoms. The molecule has 7 heteroatoms. The molecule has 0 bridgehead atoms. The van der Waals surface area contributed by atoms with Crippen molar-refractivity contribution in [3.8, 4) is 5.75 Å². The van der Waals surface area contributed by atoms with Gasteiger partial charge in [-0.15, -0.1) is 0 Å². The van der Waals surface area contributed by atoms with Gasteiger partial charge in [-0.25, -0.2) is 4.39 Å². The van der Waals surface area contributed by atoms with E-state index in [-0.39, 0.29) is 30.9 Å². The van der Waals surface area contributed by atoms with Crippen molar-refractivity contribution in [1.82, 2.24) is 10.6 Å². The molecule has 0 aliphatic rings. The predicted molar refractivity (Wildman–Crippen MR) is 129 cm³/mol. The van der Waals surface area contributed by atoms with E-state index in [1.54, 1.807) is 37.3 Å². The van der Waals surface area contributed by atoms with Crippen LogP contribution < -0.4 is 20.3 Å². The lowest BCUT2D eigenvalue weighted by atomic mass is 10.0. The van der Waals surface area contributed by atoms with Crippen molar-refractivity contribution >= 4 is 28.8 Å². The predicted octanol–water partition coefficient (Wildman–Crippen LogP) is 3.81. The van der Waals surface area contributed by atoms with Crippen molar-refractivity contribution in [2.45, 2.75) is 32.4 Å². The summed E-state index contributed by atoms with van der Waals surface area (Å²) in [6, 6.07) is 16.0. The number of para-hydroxylation sites is 1. The Bertz CT molecular complexity index is 1120. The molecule has 2 amide bonds. The zero-order valence-corrected chi connectivity index (χ0v) is 19.2. The number of nitrogens with zero attached hydrogens (tertiary/aromatic N) is 1. The molecule has 0 aromatic heterocycles. The molecular weight excluding hydrogens is 421 g/mol. The van der Waals surface area contributed by atoms with Gasteiger partial charge in [0.1, 0.15) is 11.6 Å². The second-order valence-corrected chi connectivity index (χ2v) is 7.98. The number of fused-ring (bicyclic) bond motifs is 1. The van der Waals surface area contributed by atoms with Crippen LogP contribution in [0.4, 0.5) is 10.1 Å². The Kier molecular flexibility index (Phi) is 8.38. The van der Waals surface area contributed by atoms with Crippen molar-refractivity contribution < 1.29 is 18.7 Å². The van der Waals surface area contributed by atoms with E-state index < -0.39 is 0 Å². The average molecular weight is 452 g/mol. The van der Waals surface area contributed by atoms with Crippen molar-refractivity contribution in [1.29, 1.82) is 0 Å². The van der Waals surface area contributed by atoms with Crippen molar-refractivity contribution in [2.24, 2.45) is 0 Å². The summed E-state index contributed by atoms with van der Waals surface area (Å²) in [4.78, 5) is 25.6. The summed E-state index contributed by atoms with van der Waals surface area (Å²) in [5.74, 6) is 0.227. The molecule has 3 rings (SSSR count). The van der Waals surface area contributed by atoms with Gasteiger partial charge in [0.25, 0.3) is 0 Å². The lowest BCUT2D eigenvalue weighted by Crippen LogP contribution is -2.38. The summed E-state index contributed by atoms with van der Waals surface area (Å²) in [6.45, 7) is 2.47. The molecular formula is C26H30FN3O3. The number of halogens is 1. The van der Waals surface area contributed by atoms with Gasteiger partial charge in [-0.1, -0.05) is 30.3 Å². The smallest absolute Gasteiger partial charge is 0.234 e. The monoisotopic (exact) mass is 451 g/mol. The van der Waals surface area contributed by atoms with Crippen LogP contribution in [0.25, 0.3) is 10.8 Å². The lowest BCUT2D eigenvalue weighted by molar-refractivity contribution is -0.120. The van der Waals surface area contributed by atoms with Crippen LogP contribution in [0.5, 0.6) is 5.75 Å². The number of rotatable bonds is 11. The summed E-state index contributed by atoms with van der Waals surface area (Å²) in [6.07, 6.45) is 2.19. The average Bonchev–Trinajstić information content (AvgIpc) is 2.81. The highest BCUT2D eigenvalue weighted by molar-refractivity contribution is 5.89. The molecule has 0 spiro atoms. The van der Waals surface area contributed by atoms with E-state index in [2.05, 4.69) is 10.6 Å². The first-order valence-corrected chi connectivity index (χ1v) is 11.0. The second-order valence-electron chi connectivity index (χ2n) is 7.98. The van der Waals surface area contributed by atoms with Gasteiger partial charge in [0, 0.05) is 22.7 Å². The molecule has 3 aromatic rings. The zero-order chi connectivity index (χ0) is 23.8. The van der Waals surface area contributed by atoms with Gasteiger partial charge < -0.3 is 20.3 Å². The topological polar surface area (TPSA) is 70.7 Å². The maximum atomic E-state index is 14.4. The fraction of sp³-hybridized carbons (Fsp3) is 0.308. The standard InChI is InChI=1S/C26H30FN3O3/c1-18(29-26(32)15-28-2)11-12-19-7-4-5-10-24(19)30(17-31)16-22-20-8-6-9-23(27)21(20)13-14-25(22)33-3/h4-10,13-14,17-18,28H,11-12,15-16H2,1-3H3,(H,29,32).